The van der Waals surface area contributed by atoms with Crippen molar-refractivity contribution in [1.29, 1.82) is 0 Å². The van der Waals surface area contributed by atoms with Crippen molar-refractivity contribution >= 4 is 27.7 Å². The first-order valence-electron chi connectivity index (χ1n) is 12.1. The zero-order valence-corrected chi connectivity index (χ0v) is 23.0. The Morgan fingerprint density at radius 2 is 1.51 bits per heavy atom. The van der Waals surface area contributed by atoms with Crippen LogP contribution in [0, 0.1) is 0 Å². The summed E-state index contributed by atoms with van der Waals surface area (Å²) in [6.45, 7) is 2.53. The summed E-state index contributed by atoms with van der Waals surface area (Å²) in [5, 5.41) is 2.97. The summed E-state index contributed by atoms with van der Waals surface area (Å²) >= 11 is 3.45. The van der Waals surface area contributed by atoms with E-state index in [1.54, 1.807) is 37.3 Å². The van der Waals surface area contributed by atoms with E-state index in [2.05, 4.69) is 21.2 Å². The predicted octanol–water partition coefficient (Wildman–Crippen LogP) is 5.01. The van der Waals surface area contributed by atoms with Gasteiger partial charge in [0.25, 0.3) is 5.91 Å². The lowest BCUT2D eigenvalue weighted by molar-refractivity contribution is -0.142. The summed E-state index contributed by atoms with van der Waals surface area (Å²) in [7, 11) is 3.10. The summed E-state index contributed by atoms with van der Waals surface area (Å²) < 4.78 is 17.4. The van der Waals surface area contributed by atoms with Crippen LogP contribution in [0.2, 0.25) is 0 Å². The molecule has 0 spiro atoms. The molecular weight excluding hydrogens is 536 g/mol. The van der Waals surface area contributed by atoms with Crippen LogP contribution in [0.4, 0.5) is 0 Å². The number of halogens is 1. The molecule has 0 saturated heterocycles. The molecule has 0 bridgehead atoms. The molecule has 7 nitrogen and oxygen atoms in total. The number of methoxy groups -OCH3 is 2. The van der Waals surface area contributed by atoms with Gasteiger partial charge >= 0.3 is 0 Å². The minimum Gasteiger partial charge on any atom is -0.496 e. The Morgan fingerprint density at radius 1 is 0.892 bits per heavy atom. The van der Waals surface area contributed by atoms with Gasteiger partial charge in [0.15, 0.2) is 6.61 Å². The van der Waals surface area contributed by atoms with E-state index in [4.69, 9.17) is 14.2 Å². The van der Waals surface area contributed by atoms with Gasteiger partial charge in [-0.2, -0.15) is 0 Å². The molecule has 2 amide bonds. The largest absolute Gasteiger partial charge is 0.496 e. The highest BCUT2D eigenvalue weighted by Crippen LogP contribution is 2.27. The maximum Gasteiger partial charge on any atom is 0.261 e. The highest BCUT2D eigenvalue weighted by molar-refractivity contribution is 9.10. The smallest absolute Gasteiger partial charge is 0.261 e. The molecule has 196 valence electrons. The van der Waals surface area contributed by atoms with Gasteiger partial charge in [-0.05, 0) is 29.7 Å². The molecule has 1 atom stereocenters. The number of hydrogen-bond donors (Lipinski definition) is 1. The average molecular weight is 569 g/mol. The molecule has 37 heavy (non-hydrogen) atoms. The highest BCUT2D eigenvalue weighted by Gasteiger charge is 2.30. The second-order valence-corrected chi connectivity index (χ2v) is 9.40. The summed E-state index contributed by atoms with van der Waals surface area (Å²) in [5.74, 6) is 1.03. The Balaban J connectivity index is 1.90. The maximum absolute atomic E-state index is 13.7. The number of carbonyl (C=O) groups excluding carboxylic acids is 2. The first kappa shape index (κ1) is 28.1. The fourth-order valence-electron chi connectivity index (χ4n) is 3.80. The van der Waals surface area contributed by atoms with Gasteiger partial charge in [0.1, 0.15) is 23.3 Å². The summed E-state index contributed by atoms with van der Waals surface area (Å²) in [6.07, 6.45) is 1.18. The van der Waals surface area contributed by atoms with Crippen molar-refractivity contribution in [2.75, 3.05) is 27.4 Å². The highest BCUT2D eigenvalue weighted by atomic mass is 79.9. The van der Waals surface area contributed by atoms with E-state index in [1.165, 1.54) is 0 Å². The second kappa shape index (κ2) is 14.3. The van der Waals surface area contributed by atoms with E-state index < -0.39 is 6.04 Å². The SMILES string of the molecule is CCCNC(=O)[C@H](Cc1ccccc1)N(Cc1ccc(Br)cc1)C(=O)COc1cc(OC)cc(OC)c1. The summed E-state index contributed by atoms with van der Waals surface area (Å²) in [6, 6.07) is 21.8. The third-order valence-corrected chi connectivity index (χ3v) is 6.30. The van der Waals surface area contributed by atoms with Gasteiger partial charge in [-0.1, -0.05) is 65.3 Å². The topological polar surface area (TPSA) is 77.1 Å². The quantitative estimate of drug-likeness (QED) is 0.313. The van der Waals surface area contributed by atoms with Crippen molar-refractivity contribution in [3.05, 3.63) is 88.4 Å². The zero-order valence-electron chi connectivity index (χ0n) is 21.4. The number of nitrogens with zero attached hydrogens (tertiary/aromatic N) is 1. The maximum atomic E-state index is 13.7. The van der Waals surface area contributed by atoms with Crippen molar-refractivity contribution in [2.45, 2.75) is 32.4 Å². The number of rotatable bonds is 13. The number of ether oxygens (including phenoxy) is 3. The molecule has 3 aromatic carbocycles. The van der Waals surface area contributed by atoms with E-state index in [1.807, 2.05) is 61.5 Å². The molecule has 0 fully saturated rings. The first-order valence-corrected chi connectivity index (χ1v) is 12.9. The molecule has 1 N–H and O–H groups in total. The van der Waals surface area contributed by atoms with E-state index in [0.29, 0.717) is 30.2 Å². The monoisotopic (exact) mass is 568 g/mol. The van der Waals surface area contributed by atoms with Crippen molar-refractivity contribution < 1.29 is 23.8 Å². The number of nitrogens with one attached hydrogen (secondary N) is 1. The normalized spacial score (nSPS) is 11.4. The Labute approximate surface area is 226 Å². The van der Waals surface area contributed by atoms with Crippen molar-refractivity contribution in [2.24, 2.45) is 0 Å². The van der Waals surface area contributed by atoms with Crippen molar-refractivity contribution in [1.82, 2.24) is 10.2 Å². The molecule has 0 aromatic heterocycles. The molecule has 0 saturated carbocycles. The summed E-state index contributed by atoms with van der Waals surface area (Å²) in [4.78, 5) is 28.6. The Hall–Kier alpha value is -3.52. The fraction of sp³-hybridized carbons (Fsp3) is 0.310. The Bertz CT molecular complexity index is 1130. The van der Waals surface area contributed by atoms with Crippen LogP contribution in [0.1, 0.15) is 24.5 Å². The third kappa shape index (κ3) is 8.53. The van der Waals surface area contributed by atoms with E-state index in [0.717, 1.165) is 22.0 Å². The van der Waals surface area contributed by atoms with E-state index >= 15 is 0 Å². The van der Waals surface area contributed by atoms with Crippen LogP contribution in [-0.4, -0.2) is 50.1 Å². The molecule has 3 rings (SSSR count). The molecule has 0 aliphatic heterocycles. The summed E-state index contributed by atoms with van der Waals surface area (Å²) in [5.41, 5.74) is 1.87. The molecule has 0 heterocycles. The van der Waals surface area contributed by atoms with Crippen LogP contribution < -0.4 is 19.5 Å². The minimum atomic E-state index is -0.714. The first-order chi connectivity index (χ1) is 17.9. The van der Waals surface area contributed by atoms with Gasteiger partial charge in [-0.25, -0.2) is 0 Å². The lowest BCUT2D eigenvalue weighted by Gasteiger charge is -2.31. The fourth-order valence-corrected chi connectivity index (χ4v) is 4.06. The van der Waals surface area contributed by atoms with Gasteiger partial charge in [-0.15, -0.1) is 0 Å². The number of hydrogen-bond acceptors (Lipinski definition) is 5. The molecule has 8 heteroatoms. The van der Waals surface area contributed by atoms with E-state index in [-0.39, 0.29) is 25.0 Å². The van der Waals surface area contributed by atoms with Gasteiger partial charge in [0, 0.05) is 42.2 Å². The van der Waals surface area contributed by atoms with Gasteiger partial charge < -0.3 is 24.4 Å². The number of carbonyl (C=O) groups is 2. The van der Waals surface area contributed by atoms with Crippen molar-refractivity contribution in [3.63, 3.8) is 0 Å². The number of benzene rings is 3. The van der Waals surface area contributed by atoms with Gasteiger partial charge in [-0.3, -0.25) is 9.59 Å². The predicted molar refractivity (Wildman–Crippen MR) is 147 cm³/mol. The van der Waals surface area contributed by atoms with Crippen LogP contribution >= 0.6 is 15.9 Å². The molecule has 0 aliphatic rings. The van der Waals surface area contributed by atoms with Crippen molar-refractivity contribution in [3.8, 4) is 17.2 Å². The Kier molecular flexibility index (Phi) is 10.8. The lowest BCUT2D eigenvalue weighted by atomic mass is 10.0. The molecule has 0 unspecified atom stereocenters. The minimum absolute atomic E-state index is 0.195. The lowest BCUT2D eigenvalue weighted by Crippen LogP contribution is -2.51. The van der Waals surface area contributed by atoms with Crippen LogP contribution in [0.15, 0.2) is 77.3 Å². The van der Waals surface area contributed by atoms with Gasteiger partial charge in [0.05, 0.1) is 14.2 Å². The average Bonchev–Trinajstić information content (AvgIpc) is 2.93. The third-order valence-electron chi connectivity index (χ3n) is 5.77. The molecule has 3 aromatic rings. The van der Waals surface area contributed by atoms with Crippen LogP contribution in [-0.2, 0) is 22.6 Å². The van der Waals surface area contributed by atoms with Crippen LogP contribution in [0.3, 0.4) is 0 Å². The van der Waals surface area contributed by atoms with Crippen LogP contribution in [0.5, 0.6) is 17.2 Å². The molecule has 0 aliphatic carbocycles. The van der Waals surface area contributed by atoms with Gasteiger partial charge in [0.2, 0.25) is 5.91 Å². The van der Waals surface area contributed by atoms with E-state index in [9.17, 15) is 9.59 Å². The Morgan fingerprint density at radius 3 is 2.11 bits per heavy atom. The standard InChI is InChI=1S/C29H33BrN2O5/c1-4-14-31-29(34)27(15-21-8-6-5-7-9-21)32(19-22-10-12-23(30)13-11-22)28(33)20-37-26-17-24(35-2)16-25(18-26)36-3/h5-13,16-18,27H,4,14-15,19-20H2,1-3H3,(H,31,34)/t27-/m0/s1. The molecule has 0 radical (unpaired) electrons. The second-order valence-electron chi connectivity index (χ2n) is 8.48. The number of amides is 2. The van der Waals surface area contributed by atoms with Crippen LogP contribution in [0.25, 0.3) is 0 Å². The zero-order chi connectivity index (χ0) is 26.6. The molecular formula is C29H33BrN2O5.